The summed E-state index contributed by atoms with van der Waals surface area (Å²) in [6.07, 6.45) is 0. The van der Waals surface area contributed by atoms with Crippen molar-refractivity contribution in [1.82, 2.24) is 0 Å². The second kappa shape index (κ2) is 4.91. The van der Waals surface area contributed by atoms with Gasteiger partial charge in [0.05, 0.1) is 0 Å². The van der Waals surface area contributed by atoms with Gasteiger partial charge in [0.25, 0.3) is 0 Å². The third kappa shape index (κ3) is 3.51. The molecule has 1 aromatic rings. The maximum atomic E-state index is 5.62. The largest absolute Gasteiger partial charge is 0.143 e. The molecule has 0 aromatic heterocycles. The van der Waals surface area contributed by atoms with Gasteiger partial charge in [0, 0.05) is 44.5 Å². The molecule has 1 rings (SSSR count). The molecule has 0 heterocycles. The van der Waals surface area contributed by atoms with E-state index in [0.29, 0.717) is 10.0 Å². The van der Waals surface area contributed by atoms with Crippen LogP contribution >= 0.6 is 35.8 Å². The summed E-state index contributed by atoms with van der Waals surface area (Å²) in [4.78, 5) is 0.785. The van der Waals surface area contributed by atoms with Crippen molar-refractivity contribution in [2.24, 2.45) is 0 Å². The molecule has 0 nitrogen and oxygen atoms in total. The number of benzene rings is 1. The van der Waals surface area contributed by atoms with Crippen LogP contribution in [0.3, 0.4) is 0 Å². The Kier molecular flexibility index (Phi) is 5.48. The summed E-state index contributed by atoms with van der Waals surface area (Å²) in [7, 11) is 0. The first-order chi connectivity index (χ1) is 4.18. The number of rotatable bonds is 0. The summed E-state index contributed by atoms with van der Waals surface area (Å²) in [6, 6.07) is 5.13. The molecule has 4 heteroatoms. The van der Waals surface area contributed by atoms with Gasteiger partial charge in [0.15, 0.2) is 0 Å². The van der Waals surface area contributed by atoms with Crippen LogP contribution < -0.4 is 0 Å². The van der Waals surface area contributed by atoms with Crippen LogP contribution in [0.15, 0.2) is 23.1 Å². The van der Waals surface area contributed by atoms with E-state index in [1.807, 2.05) is 0 Å². The van der Waals surface area contributed by atoms with E-state index in [-0.39, 0.29) is 29.6 Å². The number of hydrogen-bond donors (Lipinski definition) is 1. The maximum Gasteiger partial charge on any atom is 0.0431 e. The SMILES string of the molecule is Sc1cc(Cl)cc(Cl)c1.[Na]. The molecule has 0 bridgehead atoms. The Labute approximate surface area is 97.6 Å². The zero-order valence-electron chi connectivity index (χ0n) is 5.44. The van der Waals surface area contributed by atoms with Crippen molar-refractivity contribution < 1.29 is 0 Å². The van der Waals surface area contributed by atoms with E-state index in [4.69, 9.17) is 23.2 Å². The summed E-state index contributed by atoms with van der Waals surface area (Å²) in [6.45, 7) is 0. The molecule has 10 heavy (non-hydrogen) atoms. The minimum Gasteiger partial charge on any atom is -0.143 e. The van der Waals surface area contributed by atoms with E-state index in [0.717, 1.165) is 4.90 Å². The van der Waals surface area contributed by atoms with Crippen molar-refractivity contribution in [3.8, 4) is 0 Å². The molecule has 0 atom stereocenters. The molecule has 0 aliphatic carbocycles. The summed E-state index contributed by atoms with van der Waals surface area (Å²) in [5.41, 5.74) is 0. The molecular formula is C6H4Cl2NaS. The van der Waals surface area contributed by atoms with Crippen molar-refractivity contribution in [3.05, 3.63) is 28.2 Å². The Morgan fingerprint density at radius 2 is 1.40 bits per heavy atom. The Balaban J connectivity index is 0.000000810. The van der Waals surface area contributed by atoms with Gasteiger partial charge in [-0.2, -0.15) is 0 Å². The smallest absolute Gasteiger partial charge is 0.0431 e. The monoisotopic (exact) mass is 201 g/mol. The molecule has 0 N–H and O–H groups in total. The quantitative estimate of drug-likeness (QED) is 0.485. The standard InChI is InChI=1S/C6H4Cl2S.Na/c7-4-1-5(8)3-6(9)2-4;/h1-3,9H;. The van der Waals surface area contributed by atoms with Gasteiger partial charge in [-0.05, 0) is 18.2 Å². The molecule has 0 fully saturated rings. The van der Waals surface area contributed by atoms with E-state index in [1.54, 1.807) is 18.2 Å². The van der Waals surface area contributed by atoms with Crippen LogP contribution in [0.1, 0.15) is 0 Å². The first-order valence-corrected chi connectivity index (χ1v) is 3.54. The average molecular weight is 202 g/mol. The van der Waals surface area contributed by atoms with Crippen LogP contribution in [0, 0.1) is 0 Å². The molecule has 0 unspecified atom stereocenters. The predicted octanol–water partition coefficient (Wildman–Crippen LogP) is 2.90. The zero-order chi connectivity index (χ0) is 6.85. The van der Waals surface area contributed by atoms with Crippen LogP contribution in [0.4, 0.5) is 0 Å². The molecular weight excluding hydrogens is 198 g/mol. The average Bonchev–Trinajstić information content (AvgIpc) is 1.59. The Morgan fingerprint density at radius 3 is 1.70 bits per heavy atom. The minimum atomic E-state index is 0. The third-order valence-corrected chi connectivity index (χ3v) is 1.54. The zero-order valence-corrected chi connectivity index (χ0v) is 9.84. The molecule has 0 saturated heterocycles. The van der Waals surface area contributed by atoms with Crippen molar-refractivity contribution in [1.29, 1.82) is 0 Å². The second-order valence-electron chi connectivity index (χ2n) is 1.63. The van der Waals surface area contributed by atoms with Gasteiger partial charge in [0.2, 0.25) is 0 Å². The fourth-order valence-corrected chi connectivity index (χ4v) is 1.50. The molecule has 0 saturated carbocycles. The van der Waals surface area contributed by atoms with Crippen LogP contribution in [-0.2, 0) is 0 Å². The molecule has 1 aromatic carbocycles. The second-order valence-corrected chi connectivity index (χ2v) is 3.02. The van der Waals surface area contributed by atoms with Crippen LogP contribution in [-0.4, -0.2) is 29.6 Å². The summed E-state index contributed by atoms with van der Waals surface area (Å²) >= 11 is 15.3. The van der Waals surface area contributed by atoms with Gasteiger partial charge in [0.1, 0.15) is 0 Å². The minimum absolute atomic E-state index is 0. The summed E-state index contributed by atoms with van der Waals surface area (Å²) in [5, 5.41) is 1.24. The van der Waals surface area contributed by atoms with Gasteiger partial charge >= 0.3 is 0 Å². The molecule has 0 amide bonds. The first-order valence-electron chi connectivity index (χ1n) is 2.33. The van der Waals surface area contributed by atoms with Gasteiger partial charge in [-0.15, -0.1) is 12.6 Å². The topological polar surface area (TPSA) is 0 Å². The number of halogens is 2. The number of hydrogen-bond acceptors (Lipinski definition) is 1. The van der Waals surface area contributed by atoms with E-state index in [2.05, 4.69) is 12.6 Å². The number of thiol groups is 1. The van der Waals surface area contributed by atoms with Crippen molar-refractivity contribution in [3.63, 3.8) is 0 Å². The molecule has 0 spiro atoms. The van der Waals surface area contributed by atoms with Crippen LogP contribution in [0.5, 0.6) is 0 Å². The molecule has 49 valence electrons. The van der Waals surface area contributed by atoms with Crippen molar-refractivity contribution >= 4 is 65.4 Å². The van der Waals surface area contributed by atoms with Gasteiger partial charge in [-0.25, -0.2) is 0 Å². The third-order valence-electron chi connectivity index (χ3n) is 0.847. The van der Waals surface area contributed by atoms with Gasteiger partial charge < -0.3 is 0 Å². The van der Waals surface area contributed by atoms with E-state index in [1.165, 1.54) is 0 Å². The van der Waals surface area contributed by atoms with Crippen molar-refractivity contribution in [2.45, 2.75) is 4.90 Å². The fourth-order valence-electron chi connectivity index (χ4n) is 0.539. The van der Waals surface area contributed by atoms with E-state index in [9.17, 15) is 0 Å². The first kappa shape index (κ1) is 11.2. The van der Waals surface area contributed by atoms with E-state index < -0.39 is 0 Å². The molecule has 1 radical (unpaired) electrons. The summed E-state index contributed by atoms with van der Waals surface area (Å²) < 4.78 is 0. The normalized spacial score (nSPS) is 8.70. The molecule has 0 aliphatic rings. The summed E-state index contributed by atoms with van der Waals surface area (Å²) in [5.74, 6) is 0. The Morgan fingerprint density at radius 1 is 1.00 bits per heavy atom. The molecule has 0 aliphatic heterocycles. The van der Waals surface area contributed by atoms with Crippen molar-refractivity contribution in [2.75, 3.05) is 0 Å². The Bertz CT molecular complexity index is 177. The van der Waals surface area contributed by atoms with E-state index >= 15 is 0 Å². The predicted molar refractivity (Wildman–Crippen MR) is 49.5 cm³/mol. The Hall–Kier alpha value is 1.15. The van der Waals surface area contributed by atoms with Gasteiger partial charge in [-0.3, -0.25) is 0 Å². The van der Waals surface area contributed by atoms with Gasteiger partial charge in [-0.1, -0.05) is 23.2 Å². The van der Waals surface area contributed by atoms with Crippen LogP contribution in [0.2, 0.25) is 10.0 Å². The maximum absolute atomic E-state index is 5.62. The fraction of sp³-hybridized carbons (Fsp3) is 0. The van der Waals surface area contributed by atoms with Crippen LogP contribution in [0.25, 0.3) is 0 Å².